The Morgan fingerprint density at radius 1 is 0.742 bits per heavy atom. The highest BCUT2D eigenvalue weighted by Gasteiger charge is 2.45. The molecule has 1 heterocycles. The van der Waals surface area contributed by atoms with Gasteiger partial charge in [0.25, 0.3) is 0 Å². The second-order valence-electron chi connectivity index (χ2n) is 9.11. The van der Waals surface area contributed by atoms with Gasteiger partial charge in [-0.15, -0.1) is 0 Å². The second kappa shape index (κ2) is 9.61. The fourth-order valence-electron chi connectivity index (χ4n) is 5.43. The van der Waals surface area contributed by atoms with E-state index in [1.807, 2.05) is 0 Å². The number of ether oxygens (including phenoxy) is 3. The fraction of sp³-hybridized carbons (Fsp3) is 0.739. The molecule has 4 rings (SSSR count). The maximum Gasteiger partial charge on any atom is 0.400 e. The van der Waals surface area contributed by atoms with Crippen molar-refractivity contribution in [2.75, 3.05) is 13.2 Å². The molecule has 3 aliphatic rings. The third-order valence-corrected chi connectivity index (χ3v) is 7.18. The number of hydrogen-bond donors (Lipinski definition) is 0. The average Bonchev–Trinajstić information content (AvgIpc) is 2.78. The van der Waals surface area contributed by atoms with Gasteiger partial charge in [0.05, 0.1) is 19.1 Å². The van der Waals surface area contributed by atoms with Gasteiger partial charge in [-0.05, 0) is 69.6 Å². The number of rotatable bonds is 5. The Balaban J connectivity index is 1.26. The van der Waals surface area contributed by atoms with Crippen LogP contribution in [0.4, 0.5) is 22.0 Å². The van der Waals surface area contributed by atoms with Crippen molar-refractivity contribution in [2.45, 2.75) is 70.2 Å². The lowest BCUT2D eigenvalue weighted by molar-refractivity contribution is -0.225. The first kappa shape index (κ1) is 22.8. The topological polar surface area (TPSA) is 27.7 Å². The van der Waals surface area contributed by atoms with Crippen LogP contribution in [0.5, 0.6) is 5.75 Å². The maximum atomic E-state index is 14.6. The molecule has 0 bridgehead atoms. The van der Waals surface area contributed by atoms with E-state index in [0.29, 0.717) is 55.6 Å². The van der Waals surface area contributed by atoms with E-state index in [0.717, 1.165) is 45.3 Å². The monoisotopic (exact) mass is 448 g/mol. The highest BCUT2D eigenvalue weighted by molar-refractivity contribution is 5.25. The van der Waals surface area contributed by atoms with Crippen LogP contribution in [0.15, 0.2) is 12.1 Å². The molecule has 174 valence electrons. The van der Waals surface area contributed by atoms with E-state index in [4.69, 9.17) is 9.47 Å². The molecule has 31 heavy (non-hydrogen) atoms. The summed E-state index contributed by atoms with van der Waals surface area (Å²) in [7, 11) is 0. The highest BCUT2D eigenvalue weighted by atomic mass is 19.3. The molecule has 0 amide bonds. The zero-order chi connectivity index (χ0) is 22.0. The van der Waals surface area contributed by atoms with Gasteiger partial charge >= 0.3 is 6.11 Å². The summed E-state index contributed by atoms with van der Waals surface area (Å²) >= 11 is 0. The normalized spacial score (nSPS) is 30.9. The SMILES string of the molecule is Fc1cc(OC(F)(F)C2CCC(C3CCC(C4OCCCO4)CC3)CC2)cc(F)c1F. The van der Waals surface area contributed by atoms with Crippen molar-refractivity contribution in [3.63, 3.8) is 0 Å². The van der Waals surface area contributed by atoms with Crippen LogP contribution in [0.3, 0.4) is 0 Å². The summed E-state index contributed by atoms with van der Waals surface area (Å²) in [5.41, 5.74) is 0. The van der Waals surface area contributed by atoms with Gasteiger partial charge in [0.1, 0.15) is 5.75 Å². The minimum absolute atomic E-state index is 0.0950. The lowest BCUT2D eigenvalue weighted by atomic mass is 9.69. The van der Waals surface area contributed by atoms with Gasteiger partial charge in [-0.1, -0.05) is 0 Å². The predicted octanol–water partition coefficient (Wildman–Crippen LogP) is 6.45. The minimum atomic E-state index is -3.56. The average molecular weight is 448 g/mol. The van der Waals surface area contributed by atoms with Gasteiger partial charge in [-0.2, -0.15) is 8.78 Å². The molecule has 3 fully saturated rings. The van der Waals surface area contributed by atoms with Crippen LogP contribution in [-0.2, 0) is 9.47 Å². The molecule has 0 spiro atoms. The van der Waals surface area contributed by atoms with E-state index in [-0.39, 0.29) is 6.29 Å². The summed E-state index contributed by atoms with van der Waals surface area (Å²) in [5, 5.41) is 0. The number of alkyl halides is 2. The molecule has 0 aromatic heterocycles. The number of hydrogen-bond acceptors (Lipinski definition) is 3. The Morgan fingerprint density at radius 2 is 1.23 bits per heavy atom. The molecular weight excluding hydrogens is 419 g/mol. The zero-order valence-electron chi connectivity index (χ0n) is 17.4. The lowest BCUT2D eigenvalue weighted by Gasteiger charge is -2.41. The van der Waals surface area contributed by atoms with Crippen molar-refractivity contribution in [3.8, 4) is 5.75 Å². The van der Waals surface area contributed by atoms with Crippen LogP contribution >= 0.6 is 0 Å². The Kier molecular flexibility index (Phi) is 7.06. The van der Waals surface area contributed by atoms with Gasteiger partial charge < -0.3 is 14.2 Å². The highest BCUT2D eigenvalue weighted by Crippen LogP contribution is 2.46. The van der Waals surface area contributed by atoms with Gasteiger partial charge in [0.15, 0.2) is 23.7 Å². The molecule has 1 aromatic rings. The minimum Gasteiger partial charge on any atom is -0.432 e. The quantitative estimate of drug-likeness (QED) is 0.383. The molecule has 0 radical (unpaired) electrons. The number of benzene rings is 1. The first-order valence-electron chi connectivity index (χ1n) is 11.3. The van der Waals surface area contributed by atoms with E-state index >= 15 is 0 Å². The molecule has 1 aliphatic heterocycles. The first-order chi connectivity index (χ1) is 14.8. The largest absolute Gasteiger partial charge is 0.432 e. The van der Waals surface area contributed by atoms with Crippen molar-refractivity contribution in [1.82, 2.24) is 0 Å². The molecule has 2 aliphatic carbocycles. The molecule has 3 nitrogen and oxygen atoms in total. The molecule has 0 N–H and O–H groups in total. The molecule has 1 saturated heterocycles. The van der Waals surface area contributed by atoms with E-state index < -0.39 is 35.2 Å². The Labute approximate surface area is 179 Å². The summed E-state index contributed by atoms with van der Waals surface area (Å²) in [6.07, 6.45) is 3.42. The van der Waals surface area contributed by atoms with Crippen molar-refractivity contribution in [2.24, 2.45) is 23.7 Å². The van der Waals surface area contributed by atoms with E-state index in [2.05, 4.69) is 4.74 Å². The predicted molar refractivity (Wildman–Crippen MR) is 103 cm³/mol. The van der Waals surface area contributed by atoms with Gasteiger partial charge in [0.2, 0.25) is 0 Å². The number of halogens is 5. The summed E-state index contributed by atoms with van der Waals surface area (Å²) in [6, 6.07) is 0.909. The molecule has 2 saturated carbocycles. The summed E-state index contributed by atoms with van der Waals surface area (Å²) in [5.74, 6) is -5.18. The second-order valence-corrected chi connectivity index (χ2v) is 9.11. The van der Waals surface area contributed by atoms with Crippen molar-refractivity contribution in [1.29, 1.82) is 0 Å². The third-order valence-electron chi connectivity index (χ3n) is 7.18. The first-order valence-corrected chi connectivity index (χ1v) is 11.3. The van der Waals surface area contributed by atoms with Crippen molar-refractivity contribution >= 4 is 0 Å². The van der Waals surface area contributed by atoms with Crippen LogP contribution in [0.25, 0.3) is 0 Å². The van der Waals surface area contributed by atoms with Crippen LogP contribution < -0.4 is 4.74 Å². The van der Waals surface area contributed by atoms with Crippen LogP contribution in [0.2, 0.25) is 0 Å². The van der Waals surface area contributed by atoms with Crippen LogP contribution in [0.1, 0.15) is 57.8 Å². The molecular formula is C23H29F5O3. The summed E-state index contributed by atoms with van der Waals surface area (Å²) < 4.78 is 84.9. The molecule has 0 atom stereocenters. The Bertz CT molecular complexity index is 714. The van der Waals surface area contributed by atoms with Crippen molar-refractivity contribution < 1.29 is 36.2 Å². The standard InChI is InChI=1S/C23H29F5O3/c24-19-12-18(13-20(25)21(19)26)31-23(27,28)17-8-6-15(7-9-17)14-2-4-16(5-3-14)22-29-10-1-11-30-22/h12-17,22H,1-11H2. The van der Waals surface area contributed by atoms with Gasteiger partial charge in [-0.3, -0.25) is 0 Å². The Hall–Kier alpha value is -1.41. The molecule has 0 unspecified atom stereocenters. The molecule has 1 aromatic carbocycles. The van der Waals surface area contributed by atoms with E-state index in [1.54, 1.807) is 0 Å². The third kappa shape index (κ3) is 5.33. The Morgan fingerprint density at radius 3 is 1.77 bits per heavy atom. The van der Waals surface area contributed by atoms with E-state index in [1.165, 1.54) is 0 Å². The summed E-state index contributed by atoms with van der Waals surface area (Å²) in [4.78, 5) is 0. The maximum absolute atomic E-state index is 14.6. The van der Waals surface area contributed by atoms with Gasteiger partial charge in [0, 0.05) is 18.1 Å². The lowest BCUT2D eigenvalue weighted by Crippen LogP contribution is -2.39. The summed E-state index contributed by atoms with van der Waals surface area (Å²) in [6.45, 7) is 1.50. The fourth-order valence-corrected chi connectivity index (χ4v) is 5.43. The van der Waals surface area contributed by atoms with Crippen LogP contribution in [-0.4, -0.2) is 25.6 Å². The van der Waals surface area contributed by atoms with E-state index in [9.17, 15) is 22.0 Å². The zero-order valence-corrected chi connectivity index (χ0v) is 17.4. The van der Waals surface area contributed by atoms with Crippen molar-refractivity contribution in [3.05, 3.63) is 29.6 Å². The van der Waals surface area contributed by atoms with Gasteiger partial charge in [-0.25, -0.2) is 13.2 Å². The molecule has 8 heteroatoms. The smallest absolute Gasteiger partial charge is 0.400 e. The van der Waals surface area contributed by atoms with Crippen LogP contribution in [0, 0.1) is 41.1 Å².